The predicted molar refractivity (Wildman–Crippen MR) is 94.2 cm³/mol. The van der Waals surface area contributed by atoms with Crippen molar-refractivity contribution in [3.8, 4) is 23.6 Å². The molecule has 0 fully saturated rings. The number of nitrogens with two attached hydrogens (primary N) is 1. The Bertz CT molecular complexity index is 821. The molecule has 0 aliphatic carbocycles. The average molecular weight is 488 g/mol. The van der Waals surface area contributed by atoms with Crippen LogP contribution in [0.5, 0.6) is 11.5 Å². The molecule has 0 aliphatic heterocycles. The molecule has 2 radical (unpaired) electrons. The molecule has 128 valence electrons. The molecule has 0 atom stereocenters. The van der Waals surface area contributed by atoms with E-state index in [1.807, 2.05) is 6.07 Å². The molecule has 4 N–H and O–H groups in total. The van der Waals surface area contributed by atoms with E-state index >= 15 is 0 Å². The number of anilines is 1. The SMILES string of the molecule is N#Cc1cccc(O)c1N.N#Cc1cccc(O)c1[N+](=O)[O-].[Cl][Sn][Cl]. The van der Waals surface area contributed by atoms with Crippen molar-refractivity contribution in [2.24, 2.45) is 0 Å². The van der Waals surface area contributed by atoms with Gasteiger partial charge in [-0.15, -0.1) is 0 Å². The molecule has 2 aromatic carbocycles. The zero-order valence-corrected chi connectivity index (χ0v) is 16.7. The van der Waals surface area contributed by atoms with Crippen molar-refractivity contribution in [1.29, 1.82) is 10.5 Å². The summed E-state index contributed by atoms with van der Waals surface area (Å²) in [5, 5.41) is 45.1. The number of nitro benzene ring substituents is 1. The van der Waals surface area contributed by atoms with Gasteiger partial charge in [0.25, 0.3) is 0 Å². The van der Waals surface area contributed by atoms with Crippen molar-refractivity contribution in [3.63, 3.8) is 0 Å². The Morgan fingerprint density at radius 3 is 1.84 bits per heavy atom. The normalized spacial score (nSPS) is 8.48. The number of phenols is 2. The summed E-state index contributed by atoms with van der Waals surface area (Å²) < 4.78 is 0. The van der Waals surface area contributed by atoms with Gasteiger partial charge in [-0.3, -0.25) is 10.1 Å². The first kappa shape index (κ1) is 22.6. The quantitative estimate of drug-likeness (QED) is 0.183. The molecule has 0 aliphatic rings. The molecular formula is C14H10Cl2N4O4Sn. The second-order valence-corrected chi connectivity index (χ2v) is 8.20. The van der Waals surface area contributed by atoms with E-state index in [9.17, 15) is 10.1 Å². The van der Waals surface area contributed by atoms with Gasteiger partial charge in [-0.05, 0) is 24.3 Å². The molecule has 0 unspecified atom stereocenters. The Morgan fingerprint density at radius 1 is 1.04 bits per heavy atom. The van der Waals surface area contributed by atoms with Crippen LogP contribution >= 0.6 is 17.8 Å². The summed E-state index contributed by atoms with van der Waals surface area (Å²) in [6.07, 6.45) is 0. The summed E-state index contributed by atoms with van der Waals surface area (Å²) in [6.45, 7) is 0. The Labute approximate surface area is 160 Å². The molecule has 0 saturated heterocycles. The number of para-hydroxylation sites is 2. The summed E-state index contributed by atoms with van der Waals surface area (Å²) in [4.78, 5) is 9.51. The molecule has 2 aromatic rings. The first-order chi connectivity index (χ1) is 11.8. The van der Waals surface area contributed by atoms with Crippen molar-refractivity contribution in [3.05, 3.63) is 57.6 Å². The fourth-order valence-corrected chi connectivity index (χ4v) is 1.46. The third-order valence-electron chi connectivity index (χ3n) is 2.52. The van der Waals surface area contributed by atoms with Crippen LogP contribution < -0.4 is 5.73 Å². The monoisotopic (exact) mass is 488 g/mol. The van der Waals surface area contributed by atoms with E-state index in [0.29, 0.717) is 5.56 Å². The Morgan fingerprint density at radius 2 is 1.48 bits per heavy atom. The third-order valence-corrected chi connectivity index (χ3v) is 2.52. The van der Waals surface area contributed by atoms with Crippen LogP contribution in [0.3, 0.4) is 0 Å². The van der Waals surface area contributed by atoms with Gasteiger partial charge in [0, 0.05) is 0 Å². The number of hydrogen-bond donors (Lipinski definition) is 3. The first-order valence-electron chi connectivity index (χ1n) is 6.14. The molecule has 0 bridgehead atoms. The van der Waals surface area contributed by atoms with Crippen molar-refractivity contribution >= 4 is 48.1 Å². The summed E-state index contributed by atoms with van der Waals surface area (Å²) >= 11 is -0.826. The topological polar surface area (TPSA) is 157 Å². The van der Waals surface area contributed by atoms with Gasteiger partial charge in [-0.2, -0.15) is 10.5 Å². The van der Waals surface area contributed by atoms with E-state index in [1.165, 1.54) is 24.3 Å². The van der Waals surface area contributed by atoms with Crippen LogP contribution in [0.25, 0.3) is 0 Å². The number of rotatable bonds is 1. The van der Waals surface area contributed by atoms with Gasteiger partial charge < -0.3 is 15.9 Å². The van der Waals surface area contributed by atoms with Crippen LogP contribution in [0.4, 0.5) is 11.4 Å². The number of nitro groups is 1. The van der Waals surface area contributed by atoms with Gasteiger partial charge in [0.05, 0.1) is 16.2 Å². The maximum atomic E-state index is 10.3. The van der Waals surface area contributed by atoms with Crippen LogP contribution in [0.15, 0.2) is 36.4 Å². The summed E-state index contributed by atoms with van der Waals surface area (Å²) in [5.74, 6) is -0.530. The molecule has 0 aromatic heterocycles. The zero-order valence-electron chi connectivity index (χ0n) is 12.3. The van der Waals surface area contributed by atoms with Crippen LogP contribution in [0.1, 0.15) is 11.1 Å². The molecule has 0 saturated carbocycles. The molecule has 0 spiro atoms. The van der Waals surface area contributed by atoms with Crippen molar-refractivity contribution in [2.45, 2.75) is 0 Å². The first-order valence-corrected chi connectivity index (χ1v) is 13.4. The van der Waals surface area contributed by atoms with Crippen LogP contribution in [0.2, 0.25) is 0 Å². The number of hydrogen-bond acceptors (Lipinski definition) is 7. The minimum atomic E-state index is -0.826. The van der Waals surface area contributed by atoms with Crippen LogP contribution in [-0.2, 0) is 0 Å². The number of nitrogens with zero attached hydrogens (tertiary/aromatic N) is 3. The van der Waals surface area contributed by atoms with Gasteiger partial charge in [0.1, 0.15) is 23.5 Å². The molecule has 0 heterocycles. The van der Waals surface area contributed by atoms with Crippen LogP contribution in [0, 0.1) is 32.8 Å². The standard InChI is InChI=1S/C7H4N2O3.C7H6N2O.2ClH.Sn/c8-4-5-2-1-3-6(10)7(5)9(11)12;8-4-5-2-1-3-6(10)7(5)9;;;/h1-3,10H;1-3,10H,9H2;2*1H;/q;;;;+2/p-2. The van der Waals surface area contributed by atoms with Gasteiger partial charge in [-0.25, -0.2) is 0 Å². The minimum absolute atomic E-state index is 0.0425. The fourth-order valence-electron chi connectivity index (χ4n) is 1.46. The second kappa shape index (κ2) is 12.0. The maximum absolute atomic E-state index is 10.3. The Hall–Kier alpha value is -2.40. The van der Waals surface area contributed by atoms with Gasteiger partial charge in [-0.1, -0.05) is 12.1 Å². The molecule has 25 heavy (non-hydrogen) atoms. The number of halogens is 2. The Kier molecular flexibility index (Phi) is 10.9. The molecule has 2 rings (SSSR count). The molecular weight excluding hydrogens is 478 g/mol. The summed E-state index contributed by atoms with van der Waals surface area (Å²) in [6, 6.07) is 11.8. The van der Waals surface area contributed by atoms with E-state index in [4.69, 9.17) is 44.3 Å². The summed E-state index contributed by atoms with van der Waals surface area (Å²) in [7, 11) is 9.87. The number of phenolic OH excluding ortho intramolecular Hbond substituents is 2. The zero-order chi connectivity index (χ0) is 19.4. The van der Waals surface area contributed by atoms with E-state index in [-0.39, 0.29) is 17.0 Å². The van der Waals surface area contributed by atoms with E-state index in [2.05, 4.69) is 0 Å². The van der Waals surface area contributed by atoms with Crippen molar-refractivity contribution < 1.29 is 15.1 Å². The van der Waals surface area contributed by atoms with Crippen LogP contribution in [-0.4, -0.2) is 34.0 Å². The van der Waals surface area contributed by atoms with Crippen molar-refractivity contribution in [1.82, 2.24) is 0 Å². The van der Waals surface area contributed by atoms with Gasteiger partial charge >= 0.3 is 42.4 Å². The number of benzene rings is 2. The third kappa shape index (κ3) is 7.35. The number of aromatic hydroxyl groups is 2. The van der Waals surface area contributed by atoms with E-state index in [0.717, 1.165) is 0 Å². The second-order valence-electron chi connectivity index (χ2n) is 3.96. The van der Waals surface area contributed by atoms with E-state index < -0.39 is 35.2 Å². The van der Waals surface area contributed by atoms with Crippen molar-refractivity contribution in [2.75, 3.05) is 5.73 Å². The number of nitrogen functional groups attached to an aromatic ring is 1. The predicted octanol–water partition coefficient (Wildman–Crippen LogP) is 3.02. The average Bonchev–Trinajstić information content (AvgIpc) is 2.58. The molecule has 11 heteroatoms. The summed E-state index contributed by atoms with van der Waals surface area (Å²) in [5.41, 5.74) is 5.09. The molecule has 0 amide bonds. The fraction of sp³-hybridized carbons (Fsp3) is 0. The van der Waals surface area contributed by atoms with Gasteiger partial charge in [0.15, 0.2) is 5.75 Å². The molecule has 8 nitrogen and oxygen atoms in total. The Balaban J connectivity index is 0.000000403. The van der Waals surface area contributed by atoms with Gasteiger partial charge in [0.2, 0.25) is 0 Å². The van der Waals surface area contributed by atoms with E-state index in [1.54, 1.807) is 18.2 Å². The number of nitriles is 2.